The molecule has 0 radical (unpaired) electrons. The number of piperidine rings is 1. The summed E-state index contributed by atoms with van der Waals surface area (Å²) in [6.07, 6.45) is 4.85. The van der Waals surface area contributed by atoms with E-state index in [1.54, 1.807) is 0 Å². The Morgan fingerprint density at radius 2 is 2.12 bits per heavy atom. The number of carbonyl (C=O) groups excluding carboxylic acids is 2. The third-order valence-corrected chi connectivity index (χ3v) is 4.44. The fraction of sp³-hybridized carbons (Fsp3) is 0.556. The van der Waals surface area contributed by atoms with Crippen molar-refractivity contribution in [3.63, 3.8) is 0 Å². The molecule has 1 fully saturated rings. The van der Waals surface area contributed by atoms with Crippen molar-refractivity contribution in [2.24, 2.45) is 0 Å². The van der Waals surface area contributed by atoms with Gasteiger partial charge in [-0.2, -0.15) is 0 Å². The van der Waals surface area contributed by atoms with Gasteiger partial charge in [0.05, 0.1) is 5.69 Å². The van der Waals surface area contributed by atoms with E-state index in [-0.39, 0.29) is 17.5 Å². The van der Waals surface area contributed by atoms with Gasteiger partial charge in [-0.05, 0) is 44.0 Å². The van der Waals surface area contributed by atoms with E-state index in [2.05, 4.69) is 22.5 Å². The van der Waals surface area contributed by atoms with E-state index < -0.39 is 5.82 Å². The highest BCUT2D eigenvalue weighted by Gasteiger charge is 2.20. The fourth-order valence-electron chi connectivity index (χ4n) is 3.18. The molecule has 1 atom stereocenters. The van der Waals surface area contributed by atoms with Crippen molar-refractivity contribution >= 4 is 17.5 Å². The Morgan fingerprint density at radius 1 is 1.33 bits per heavy atom. The average Bonchev–Trinajstić information content (AvgIpc) is 2.56. The van der Waals surface area contributed by atoms with E-state index in [1.165, 1.54) is 44.4 Å². The van der Waals surface area contributed by atoms with Crippen LogP contribution in [0.5, 0.6) is 0 Å². The molecule has 1 aliphatic heterocycles. The molecule has 0 saturated carbocycles. The molecule has 2 N–H and O–H groups in total. The van der Waals surface area contributed by atoms with E-state index in [0.29, 0.717) is 18.2 Å². The predicted octanol–water partition coefficient (Wildman–Crippen LogP) is 2.78. The van der Waals surface area contributed by atoms with Crippen LogP contribution in [0.1, 0.15) is 49.9 Å². The van der Waals surface area contributed by atoms with Crippen molar-refractivity contribution in [1.82, 2.24) is 10.2 Å². The standard InChI is InChI=1S/C18H26FN3O2/c1-3-15-6-4-5-10-22(15)11-9-20-18(24)14-7-8-16(19)17(12-14)21-13(2)23/h7-8,12,15H,3-6,9-11H2,1-2H3,(H,20,24)(H,21,23). The van der Waals surface area contributed by atoms with Gasteiger partial charge >= 0.3 is 0 Å². The zero-order valence-corrected chi connectivity index (χ0v) is 14.4. The van der Waals surface area contributed by atoms with Crippen LogP contribution in [0.4, 0.5) is 10.1 Å². The molecule has 0 bridgehead atoms. The summed E-state index contributed by atoms with van der Waals surface area (Å²) in [5.41, 5.74) is 0.364. The maximum absolute atomic E-state index is 13.6. The van der Waals surface area contributed by atoms with Crippen LogP contribution >= 0.6 is 0 Å². The van der Waals surface area contributed by atoms with Gasteiger partial charge in [0.25, 0.3) is 5.91 Å². The zero-order valence-electron chi connectivity index (χ0n) is 14.4. The van der Waals surface area contributed by atoms with E-state index in [1.807, 2.05) is 0 Å². The highest BCUT2D eigenvalue weighted by Crippen LogP contribution is 2.19. The molecule has 2 rings (SSSR count). The molecule has 6 heteroatoms. The van der Waals surface area contributed by atoms with Crippen molar-refractivity contribution < 1.29 is 14.0 Å². The molecule has 0 aliphatic carbocycles. The van der Waals surface area contributed by atoms with Gasteiger partial charge in [0.15, 0.2) is 0 Å². The van der Waals surface area contributed by atoms with Crippen molar-refractivity contribution in [2.75, 3.05) is 25.0 Å². The highest BCUT2D eigenvalue weighted by atomic mass is 19.1. The van der Waals surface area contributed by atoms with Gasteiger partial charge in [-0.15, -0.1) is 0 Å². The maximum atomic E-state index is 13.6. The normalized spacial score (nSPS) is 18.2. The second kappa shape index (κ2) is 8.78. The van der Waals surface area contributed by atoms with E-state index in [0.717, 1.165) is 19.5 Å². The monoisotopic (exact) mass is 335 g/mol. The number of hydrogen-bond donors (Lipinski definition) is 2. The van der Waals surface area contributed by atoms with Gasteiger partial charge in [-0.25, -0.2) is 4.39 Å². The third-order valence-electron chi connectivity index (χ3n) is 4.44. The largest absolute Gasteiger partial charge is 0.351 e. The molecule has 1 aromatic carbocycles. The van der Waals surface area contributed by atoms with Gasteiger partial charge in [0, 0.05) is 31.6 Å². The van der Waals surface area contributed by atoms with Crippen molar-refractivity contribution in [2.45, 2.75) is 45.6 Å². The first-order valence-electron chi connectivity index (χ1n) is 8.60. The Kier molecular flexibility index (Phi) is 6.73. The molecular formula is C18H26FN3O2. The summed E-state index contributed by atoms with van der Waals surface area (Å²) in [6, 6.07) is 4.58. The molecule has 2 amide bonds. The summed E-state index contributed by atoms with van der Waals surface area (Å²) in [7, 11) is 0. The number of anilines is 1. The van der Waals surface area contributed by atoms with Crippen LogP contribution in [0.25, 0.3) is 0 Å². The van der Waals surface area contributed by atoms with Crippen LogP contribution in [-0.4, -0.2) is 42.4 Å². The van der Waals surface area contributed by atoms with Gasteiger partial charge < -0.3 is 10.6 Å². The SMILES string of the molecule is CCC1CCCCN1CCNC(=O)c1ccc(F)c(NC(C)=O)c1. The molecule has 1 unspecified atom stereocenters. The lowest BCUT2D eigenvalue weighted by molar-refractivity contribution is -0.114. The minimum atomic E-state index is -0.555. The Balaban J connectivity index is 1.89. The first-order chi connectivity index (χ1) is 11.5. The van der Waals surface area contributed by atoms with Crippen LogP contribution in [-0.2, 0) is 4.79 Å². The second-order valence-electron chi connectivity index (χ2n) is 6.23. The van der Waals surface area contributed by atoms with Crippen molar-refractivity contribution in [3.8, 4) is 0 Å². The number of benzene rings is 1. The number of nitrogens with one attached hydrogen (secondary N) is 2. The van der Waals surface area contributed by atoms with Gasteiger partial charge in [-0.1, -0.05) is 13.3 Å². The summed E-state index contributed by atoms with van der Waals surface area (Å²) in [4.78, 5) is 25.7. The molecule has 1 aliphatic rings. The maximum Gasteiger partial charge on any atom is 0.251 e. The first kappa shape index (κ1) is 18.4. The lowest BCUT2D eigenvalue weighted by Crippen LogP contribution is -2.43. The summed E-state index contributed by atoms with van der Waals surface area (Å²) in [5, 5.41) is 5.26. The molecule has 5 nitrogen and oxygen atoms in total. The molecular weight excluding hydrogens is 309 g/mol. The third kappa shape index (κ3) is 5.03. The lowest BCUT2D eigenvalue weighted by Gasteiger charge is -2.35. The lowest BCUT2D eigenvalue weighted by atomic mass is 10.0. The minimum absolute atomic E-state index is 0.0252. The van der Waals surface area contributed by atoms with E-state index >= 15 is 0 Å². The number of carbonyl (C=O) groups is 2. The Labute approximate surface area is 142 Å². The first-order valence-corrected chi connectivity index (χ1v) is 8.60. The molecule has 1 aromatic rings. The fourth-order valence-corrected chi connectivity index (χ4v) is 3.18. The van der Waals surface area contributed by atoms with E-state index in [9.17, 15) is 14.0 Å². The Morgan fingerprint density at radius 3 is 2.83 bits per heavy atom. The van der Waals surface area contributed by atoms with Gasteiger partial charge in [-0.3, -0.25) is 14.5 Å². The summed E-state index contributed by atoms with van der Waals surface area (Å²) >= 11 is 0. The van der Waals surface area contributed by atoms with Crippen LogP contribution < -0.4 is 10.6 Å². The number of halogens is 1. The van der Waals surface area contributed by atoms with Crippen molar-refractivity contribution in [1.29, 1.82) is 0 Å². The van der Waals surface area contributed by atoms with Crippen molar-refractivity contribution in [3.05, 3.63) is 29.6 Å². The Hall–Kier alpha value is -1.95. The van der Waals surface area contributed by atoms with E-state index in [4.69, 9.17) is 0 Å². The van der Waals surface area contributed by atoms with Crippen LogP contribution in [0.3, 0.4) is 0 Å². The number of nitrogens with zero attached hydrogens (tertiary/aromatic N) is 1. The number of rotatable bonds is 6. The highest BCUT2D eigenvalue weighted by molar-refractivity contribution is 5.96. The topological polar surface area (TPSA) is 61.4 Å². The van der Waals surface area contributed by atoms with Crippen LogP contribution in [0.15, 0.2) is 18.2 Å². The predicted molar refractivity (Wildman–Crippen MR) is 92.5 cm³/mol. The molecule has 132 valence electrons. The molecule has 0 aromatic heterocycles. The number of likely N-dealkylation sites (tertiary alicyclic amines) is 1. The Bertz CT molecular complexity index is 592. The summed E-state index contributed by atoms with van der Waals surface area (Å²) in [6.45, 7) is 5.96. The van der Waals surface area contributed by atoms with Crippen LogP contribution in [0.2, 0.25) is 0 Å². The minimum Gasteiger partial charge on any atom is -0.351 e. The summed E-state index contributed by atoms with van der Waals surface area (Å²) in [5.74, 6) is -1.19. The molecule has 24 heavy (non-hydrogen) atoms. The number of hydrogen-bond acceptors (Lipinski definition) is 3. The number of amides is 2. The summed E-state index contributed by atoms with van der Waals surface area (Å²) < 4.78 is 13.6. The van der Waals surface area contributed by atoms with Gasteiger partial charge in [0.2, 0.25) is 5.91 Å². The molecule has 1 saturated heterocycles. The zero-order chi connectivity index (χ0) is 17.5. The molecule has 1 heterocycles. The quantitative estimate of drug-likeness (QED) is 0.840. The van der Waals surface area contributed by atoms with Gasteiger partial charge in [0.1, 0.15) is 5.82 Å². The second-order valence-corrected chi connectivity index (χ2v) is 6.23. The smallest absolute Gasteiger partial charge is 0.251 e. The average molecular weight is 335 g/mol. The molecule has 0 spiro atoms. The van der Waals surface area contributed by atoms with Crippen LogP contribution in [0, 0.1) is 5.82 Å².